The summed E-state index contributed by atoms with van der Waals surface area (Å²) in [7, 11) is 0. The van der Waals surface area contributed by atoms with Crippen LogP contribution >= 0.6 is 15.9 Å². The first-order valence-electron chi connectivity index (χ1n) is 7.72. The molecular weight excluding hydrogens is 372 g/mol. The second-order valence-electron chi connectivity index (χ2n) is 5.08. The van der Waals surface area contributed by atoms with Gasteiger partial charge in [0.15, 0.2) is 11.5 Å². The molecular formula is C18H17BrN2O3. The summed E-state index contributed by atoms with van der Waals surface area (Å²) in [6.45, 7) is 4.87. The highest BCUT2D eigenvalue weighted by Gasteiger charge is 2.14. The summed E-state index contributed by atoms with van der Waals surface area (Å²) in [6.07, 6.45) is 0. The van der Waals surface area contributed by atoms with Gasteiger partial charge in [0, 0.05) is 5.56 Å². The number of H-pyrrole nitrogens is 1. The fourth-order valence-electron chi connectivity index (χ4n) is 2.48. The van der Waals surface area contributed by atoms with Crippen molar-refractivity contribution >= 4 is 26.8 Å². The lowest BCUT2D eigenvalue weighted by Crippen LogP contribution is -2.09. The van der Waals surface area contributed by atoms with Gasteiger partial charge >= 0.3 is 0 Å². The van der Waals surface area contributed by atoms with Gasteiger partial charge in [-0.25, -0.2) is 4.98 Å². The number of benzene rings is 2. The minimum Gasteiger partial charge on any atom is -0.490 e. The van der Waals surface area contributed by atoms with Crippen LogP contribution in [0.5, 0.6) is 11.5 Å². The maximum absolute atomic E-state index is 12.3. The Hall–Kier alpha value is -2.34. The average Bonchev–Trinajstić information content (AvgIpc) is 2.58. The summed E-state index contributed by atoms with van der Waals surface area (Å²) in [5.41, 5.74) is 1.23. The van der Waals surface area contributed by atoms with E-state index in [0.717, 1.165) is 10.0 Å². The van der Waals surface area contributed by atoms with Gasteiger partial charge in [-0.2, -0.15) is 0 Å². The zero-order valence-corrected chi connectivity index (χ0v) is 15.0. The highest BCUT2D eigenvalue weighted by Crippen LogP contribution is 2.39. The molecule has 0 saturated carbocycles. The maximum atomic E-state index is 12.3. The van der Waals surface area contributed by atoms with E-state index in [-0.39, 0.29) is 5.56 Å². The Morgan fingerprint density at radius 1 is 1.12 bits per heavy atom. The first-order valence-corrected chi connectivity index (χ1v) is 8.52. The SMILES string of the molecule is CCOc1cc(-c2nc3ccccc3c(=O)[nH]2)cc(Br)c1OCC. The molecule has 6 heteroatoms. The van der Waals surface area contributed by atoms with E-state index < -0.39 is 0 Å². The van der Waals surface area contributed by atoms with Gasteiger partial charge in [-0.1, -0.05) is 12.1 Å². The number of nitrogens with zero attached hydrogens (tertiary/aromatic N) is 1. The summed E-state index contributed by atoms with van der Waals surface area (Å²) >= 11 is 3.51. The molecule has 0 atom stereocenters. The fraction of sp³-hybridized carbons (Fsp3) is 0.222. The Bertz CT molecular complexity index is 937. The third kappa shape index (κ3) is 3.14. The minimum atomic E-state index is -0.168. The third-order valence-corrected chi connectivity index (χ3v) is 4.07. The summed E-state index contributed by atoms with van der Waals surface area (Å²) in [5.74, 6) is 1.74. The zero-order valence-electron chi connectivity index (χ0n) is 13.4. The maximum Gasteiger partial charge on any atom is 0.259 e. The molecule has 0 aliphatic carbocycles. The Labute approximate surface area is 147 Å². The van der Waals surface area contributed by atoms with Crippen molar-refractivity contribution in [1.29, 1.82) is 0 Å². The van der Waals surface area contributed by atoms with Crippen LogP contribution in [-0.2, 0) is 0 Å². The second kappa shape index (κ2) is 7.05. The van der Waals surface area contributed by atoms with Crippen molar-refractivity contribution in [2.75, 3.05) is 13.2 Å². The second-order valence-corrected chi connectivity index (χ2v) is 5.94. The molecule has 0 amide bonds. The molecule has 0 bridgehead atoms. The first-order chi connectivity index (χ1) is 11.6. The van der Waals surface area contributed by atoms with E-state index in [2.05, 4.69) is 25.9 Å². The van der Waals surface area contributed by atoms with Gasteiger partial charge < -0.3 is 14.5 Å². The number of ether oxygens (including phenoxy) is 2. The number of nitrogens with one attached hydrogen (secondary N) is 1. The first kappa shape index (κ1) is 16.5. The molecule has 1 N–H and O–H groups in total. The van der Waals surface area contributed by atoms with Crippen LogP contribution in [0.15, 0.2) is 45.7 Å². The van der Waals surface area contributed by atoms with E-state index >= 15 is 0 Å². The zero-order chi connectivity index (χ0) is 17.1. The fourth-order valence-corrected chi connectivity index (χ4v) is 3.03. The molecule has 1 heterocycles. The Morgan fingerprint density at radius 2 is 1.88 bits per heavy atom. The molecule has 0 unspecified atom stereocenters. The summed E-state index contributed by atoms with van der Waals surface area (Å²) in [5, 5.41) is 0.566. The lowest BCUT2D eigenvalue weighted by molar-refractivity contribution is 0.286. The molecule has 0 radical (unpaired) electrons. The molecule has 0 aliphatic rings. The van der Waals surface area contributed by atoms with E-state index in [4.69, 9.17) is 9.47 Å². The van der Waals surface area contributed by atoms with Crippen LogP contribution in [0.25, 0.3) is 22.3 Å². The largest absolute Gasteiger partial charge is 0.490 e. The van der Waals surface area contributed by atoms with Crippen molar-refractivity contribution in [3.8, 4) is 22.9 Å². The predicted molar refractivity (Wildman–Crippen MR) is 97.8 cm³/mol. The van der Waals surface area contributed by atoms with E-state index in [9.17, 15) is 4.79 Å². The van der Waals surface area contributed by atoms with Gasteiger partial charge in [0.05, 0.1) is 28.6 Å². The Morgan fingerprint density at radius 3 is 2.62 bits per heavy atom. The van der Waals surface area contributed by atoms with E-state index in [1.54, 1.807) is 6.07 Å². The van der Waals surface area contributed by atoms with Crippen molar-refractivity contribution in [3.05, 3.63) is 51.2 Å². The van der Waals surface area contributed by atoms with Crippen molar-refractivity contribution in [2.45, 2.75) is 13.8 Å². The lowest BCUT2D eigenvalue weighted by Gasteiger charge is -2.14. The van der Waals surface area contributed by atoms with Crippen LogP contribution in [0.3, 0.4) is 0 Å². The molecule has 5 nitrogen and oxygen atoms in total. The van der Waals surface area contributed by atoms with E-state index in [0.29, 0.717) is 41.4 Å². The van der Waals surface area contributed by atoms with Crippen molar-refractivity contribution < 1.29 is 9.47 Å². The summed E-state index contributed by atoms with van der Waals surface area (Å²) in [4.78, 5) is 19.7. The van der Waals surface area contributed by atoms with Crippen LogP contribution in [0, 0.1) is 0 Å². The third-order valence-electron chi connectivity index (χ3n) is 3.48. The molecule has 0 spiro atoms. The smallest absolute Gasteiger partial charge is 0.259 e. The predicted octanol–water partition coefficient (Wildman–Crippen LogP) is 4.15. The standard InChI is InChI=1S/C18H17BrN2O3/c1-3-23-15-10-11(9-13(19)16(15)24-4-2)17-20-14-8-6-5-7-12(14)18(22)21-17/h5-10H,3-4H2,1-2H3,(H,20,21,22). The number of halogens is 1. The van der Waals surface area contributed by atoms with E-state index in [1.807, 2.05) is 44.2 Å². The molecule has 0 saturated heterocycles. The highest BCUT2D eigenvalue weighted by molar-refractivity contribution is 9.10. The molecule has 24 heavy (non-hydrogen) atoms. The van der Waals surface area contributed by atoms with E-state index in [1.165, 1.54) is 0 Å². The monoisotopic (exact) mass is 388 g/mol. The van der Waals surface area contributed by atoms with Crippen LogP contribution in [0.4, 0.5) is 0 Å². The van der Waals surface area contributed by atoms with Gasteiger partial charge in [-0.05, 0) is 54.0 Å². The minimum absolute atomic E-state index is 0.168. The molecule has 3 aromatic rings. The van der Waals surface area contributed by atoms with Crippen molar-refractivity contribution in [2.24, 2.45) is 0 Å². The number of aromatic nitrogens is 2. The normalized spacial score (nSPS) is 10.8. The van der Waals surface area contributed by atoms with Gasteiger partial charge in [0.2, 0.25) is 0 Å². The van der Waals surface area contributed by atoms with Gasteiger partial charge in [-0.3, -0.25) is 4.79 Å². The molecule has 0 aliphatic heterocycles. The quantitative estimate of drug-likeness (QED) is 0.712. The lowest BCUT2D eigenvalue weighted by atomic mass is 10.1. The van der Waals surface area contributed by atoms with Gasteiger partial charge in [-0.15, -0.1) is 0 Å². The number of hydrogen-bond donors (Lipinski definition) is 1. The summed E-state index contributed by atoms with van der Waals surface area (Å²) < 4.78 is 12.1. The molecule has 3 rings (SSSR count). The topological polar surface area (TPSA) is 64.2 Å². The molecule has 124 valence electrons. The number of hydrogen-bond acceptors (Lipinski definition) is 4. The van der Waals surface area contributed by atoms with Crippen LogP contribution in [0.2, 0.25) is 0 Å². The number of fused-ring (bicyclic) bond motifs is 1. The summed E-state index contributed by atoms with van der Waals surface area (Å²) in [6, 6.07) is 10.9. The van der Waals surface area contributed by atoms with Crippen molar-refractivity contribution in [3.63, 3.8) is 0 Å². The average molecular weight is 389 g/mol. The Balaban J connectivity index is 2.17. The number of para-hydroxylation sites is 1. The molecule has 0 fully saturated rings. The van der Waals surface area contributed by atoms with Gasteiger partial charge in [0.25, 0.3) is 5.56 Å². The molecule has 2 aromatic carbocycles. The van der Waals surface area contributed by atoms with Crippen LogP contribution < -0.4 is 15.0 Å². The molecule has 1 aromatic heterocycles. The van der Waals surface area contributed by atoms with Crippen LogP contribution in [-0.4, -0.2) is 23.2 Å². The van der Waals surface area contributed by atoms with Crippen LogP contribution in [0.1, 0.15) is 13.8 Å². The Kier molecular flexibility index (Phi) is 4.85. The van der Waals surface area contributed by atoms with Crippen molar-refractivity contribution in [1.82, 2.24) is 9.97 Å². The number of rotatable bonds is 5. The highest BCUT2D eigenvalue weighted by atomic mass is 79.9. The van der Waals surface area contributed by atoms with Gasteiger partial charge in [0.1, 0.15) is 5.82 Å². The number of aromatic amines is 1.